The predicted octanol–water partition coefficient (Wildman–Crippen LogP) is 4.45. The molecule has 158 valence electrons. The number of hydrogen-bond acceptors (Lipinski definition) is 4. The van der Waals surface area contributed by atoms with Crippen molar-refractivity contribution in [2.24, 2.45) is 11.8 Å². The van der Waals surface area contributed by atoms with Gasteiger partial charge < -0.3 is 15.7 Å². The molecule has 2 aliphatic carbocycles. The van der Waals surface area contributed by atoms with Gasteiger partial charge in [-0.15, -0.1) is 11.3 Å². The molecule has 6 nitrogen and oxygen atoms in total. The number of thiophene rings is 1. The fourth-order valence-electron chi connectivity index (χ4n) is 4.05. The van der Waals surface area contributed by atoms with Crippen molar-refractivity contribution >= 4 is 34.1 Å². The van der Waals surface area contributed by atoms with Gasteiger partial charge in [-0.05, 0) is 38.2 Å². The highest BCUT2D eigenvalue weighted by Gasteiger charge is 2.36. The van der Waals surface area contributed by atoms with Gasteiger partial charge in [-0.1, -0.05) is 42.7 Å². The van der Waals surface area contributed by atoms with Crippen LogP contribution in [0.3, 0.4) is 0 Å². The Morgan fingerprint density at radius 3 is 2.30 bits per heavy atom. The fourth-order valence-corrected chi connectivity index (χ4v) is 5.02. The number of amides is 2. The van der Waals surface area contributed by atoms with Crippen LogP contribution in [0.2, 0.25) is 0 Å². The van der Waals surface area contributed by atoms with Crippen LogP contribution in [0.4, 0.5) is 5.00 Å². The predicted molar refractivity (Wildman–Crippen MR) is 117 cm³/mol. The van der Waals surface area contributed by atoms with E-state index in [0.29, 0.717) is 23.4 Å². The molecule has 0 bridgehead atoms. The third-order valence-electron chi connectivity index (χ3n) is 5.95. The van der Waals surface area contributed by atoms with Crippen molar-refractivity contribution in [3.05, 3.63) is 40.8 Å². The van der Waals surface area contributed by atoms with E-state index in [2.05, 4.69) is 10.6 Å². The largest absolute Gasteiger partial charge is 0.481 e. The number of carbonyl (C=O) groups is 3. The summed E-state index contributed by atoms with van der Waals surface area (Å²) in [7, 11) is 0. The summed E-state index contributed by atoms with van der Waals surface area (Å²) < 4.78 is 0. The number of aryl methyl sites for hydroxylation is 1. The van der Waals surface area contributed by atoms with Gasteiger partial charge in [-0.2, -0.15) is 0 Å². The summed E-state index contributed by atoms with van der Waals surface area (Å²) >= 11 is 1.31. The van der Waals surface area contributed by atoms with Crippen LogP contribution in [-0.4, -0.2) is 28.9 Å². The zero-order chi connectivity index (χ0) is 21.3. The number of benzene rings is 1. The molecule has 2 aliphatic rings. The summed E-state index contributed by atoms with van der Waals surface area (Å²) in [6.45, 7) is 2.01. The Morgan fingerprint density at radius 1 is 1.00 bits per heavy atom. The van der Waals surface area contributed by atoms with Gasteiger partial charge >= 0.3 is 5.97 Å². The minimum Gasteiger partial charge on any atom is -0.481 e. The molecule has 1 aromatic heterocycles. The molecule has 3 N–H and O–H groups in total. The Bertz CT molecular complexity index is 962. The van der Waals surface area contributed by atoms with E-state index in [1.54, 1.807) is 0 Å². The van der Waals surface area contributed by atoms with Crippen LogP contribution >= 0.6 is 11.3 Å². The lowest BCUT2D eigenvalue weighted by Crippen LogP contribution is -2.36. The van der Waals surface area contributed by atoms with Crippen LogP contribution in [0.5, 0.6) is 0 Å². The van der Waals surface area contributed by atoms with E-state index in [4.69, 9.17) is 0 Å². The summed E-state index contributed by atoms with van der Waals surface area (Å²) in [5, 5.41) is 17.8. The molecule has 1 aromatic carbocycles. The summed E-state index contributed by atoms with van der Waals surface area (Å²) in [5.74, 6) is -2.66. The molecule has 2 fully saturated rings. The van der Waals surface area contributed by atoms with Gasteiger partial charge in [-0.25, -0.2) is 0 Å². The molecule has 2 saturated carbocycles. The lowest BCUT2D eigenvalue weighted by molar-refractivity contribution is -0.147. The van der Waals surface area contributed by atoms with E-state index in [1.165, 1.54) is 11.3 Å². The van der Waals surface area contributed by atoms with Crippen molar-refractivity contribution < 1.29 is 19.5 Å². The van der Waals surface area contributed by atoms with Gasteiger partial charge in [0.05, 0.1) is 17.4 Å². The molecule has 30 heavy (non-hydrogen) atoms. The first-order chi connectivity index (χ1) is 14.4. The van der Waals surface area contributed by atoms with Crippen LogP contribution in [0.15, 0.2) is 29.6 Å². The first kappa shape index (κ1) is 20.6. The van der Waals surface area contributed by atoms with E-state index >= 15 is 0 Å². The fraction of sp³-hybridized carbons (Fsp3) is 0.435. The molecular weight excluding hydrogens is 400 g/mol. The van der Waals surface area contributed by atoms with Crippen LogP contribution in [0.1, 0.15) is 54.4 Å². The quantitative estimate of drug-likeness (QED) is 0.636. The third-order valence-corrected chi connectivity index (χ3v) is 6.85. The molecule has 0 spiro atoms. The average molecular weight is 427 g/mol. The van der Waals surface area contributed by atoms with Gasteiger partial charge in [0.15, 0.2) is 0 Å². The molecule has 4 rings (SSSR count). The maximum atomic E-state index is 13.0. The Balaban J connectivity index is 1.63. The highest BCUT2D eigenvalue weighted by Crippen LogP contribution is 2.38. The Hall–Kier alpha value is -2.67. The van der Waals surface area contributed by atoms with Gasteiger partial charge in [0, 0.05) is 17.0 Å². The second-order valence-electron chi connectivity index (χ2n) is 8.29. The van der Waals surface area contributed by atoms with Crippen molar-refractivity contribution in [2.45, 2.75) is 51.5 Å². The number of rotatable bonds is 6. The number of hydrogen-bond donors (Lipinski definition) is 3. The zero-order valence-electron chi connectivity index (χ0n) is 16.9. The van der Waals surface area contributed by atoms with Crippen molar-refractivity contribution in [1.82, 2.24) is 5.32 Å². The number of carboxylic acid groups (broad SMARTS) is 1. The highest BCUT2D eigenvalue weighted by molar-refractivity contribution is 7.15. The van der Waals surface area contributed by atoms with Crippen molar-refractivity contribution in [3.8, 4) is 11.1 Å². The van der Waals surface area contributed by atoms with Crippen molar-refractivity contribution in [2.75, 3.05) is 5.32 Å². The van der Waals surface area contributed by atoms with Crippen molar-refractivity contribution in [1.29, 1.82) is 0 Å². The number of nitrogens with one attached hydrogen (secondary N) is 2. The Morgan fingerprint density at radius 2 is 1.67 bits per heavy atom. The minimum atomic E-state index is -0.923. The summed E-state index contributed by atoms with van der Waals surface area (Å²) in [6.07, 6.45) is 4.69. The van der Waals surface area contributed by atoms with E-state index < -0.39 is 17.8 Å². The third kappa shape index (κ3) is 4.41. The van der Waals surface area contributed by atoms with E-state index in [9.17, 15) is 19.5 Å². The Kier molecular flexibility index (Phi) is 5.90. The number of anilines is 1. The molecule has 0 radical (unpaired) electrons. The maximum absolute atomic E-state index is 13.0. The second kappa shape index (κ2) is 8.60. The zero-order valence-corrected chi connectivity index (χ0v) is 17.8. The molecular formula is C23H26N2O4S. The molecule has 0 saturated heterocycles. The van der Waals surface area contributed by atoms with E-state index in [-0.39, 0.29) is 17.9 Å². The van der Waals surface area contributed by atoms with Gasteiger partial charge in [-0.3, -0.25) is 14.4 Å². The molecule has 2 atom stereocenters. The minimum absolute atomic E-state index is 0.192. The lowest BCUT2D eigenvalue weighted by Gasteiger charge is -2.27. The van der Waals surface area contributed by atoms with Gasteiger partial charge in [0.1, 0.15) is 5.00 Å². The van der Waals surface area contributed by atoms with Gasteiger partial charge in [0.25, 0.3) is 5.91 Å². The van der Waals surface area contributed by atoms with Crippen LogP contribution in [0, 0.1) is 18.8 Å². The number of carboxylic acids is 1. The monoisotopic (exact) mass is 426 g/mol. The van der Waals surface area contributed by atoms with E-state index in [0.717, 1.165) is 42.4 Å². The number of carbonyl (C=O) groups excluding carboxylic acids is 2. The molecule has 2 aromatic rings. The Labute approximate surface area is 179 Å². The summed E-state index contributed by atoms with van der Waals surface area (Å²) in [6, 6.07) is 8.12. The smallest absolute Gasteiger partial charge is 0.307 e. The van der Waals surface area contributed by atoms with Crippen LogP contribution < -0.4 is 10.6 Å². The average Bonchev–Trinajstić information content (AvgIpc) is 3.45. The maximum Gasteiger partial charge on any atom is 0.307 e. The first-order valence-electron chi connectivity index (χ1n) is 10.5. The standard InChI is InChI=1S/C23H26N2O4S/c1-13-6-8-14(9-7-13)18-12-30-22(19(18)21(27)24-15-10-11-15)25-20(26)16-4-2-3-5-17(16)23(28)29/h6-9,12,15-17H,2-5,10-11H2,1H3,(H,24,27)(H,25,26)(H,28,29)/t16-,17-/m1/s1. The molecule has 1 heterocycles. The second-order valence-corrected chi connectivity index (χ2v) is 9.17. The van der Waals surface area contributed by atoms with Crippen molar-refractivity contribution in [3.63, 3.8) is 0 Å². The molecule has 2 amide bonds. The van der Waals surface area contributed by atoms with Crippen LogP contribution in [-0.2, 0) is 9.59 Å². The van der Waals surface area contributed by atoms with E-state index in [1.807, 2.05) is 36.6 Å². The normalized spacial score (nSPS) is 21.1. The lowest BCUT2D eigenvalue weighted by atomic mass is 9.78. The van der Waals surface area contributed by atoms with Crippen LogP contribution in [0.25, 0.3) is 11.1 Å². The summed E-state index contributed by atoms with van der Waals surface area (Å²) in [4.78, 5) is 37.6. The molecule has 0 aliphatic heterocycles. The highest BCUT2D eigenvalue weighted by atomic mass is 32.1. The molecule has 7 heteroatoms. The topological polar surface area (TPSA) is 95.5 Å². The molecule has 0 unspecified atom stereocenters. The van der Waals surface area contributed by atoms with Gasteiger partial charge in [0.2, 0.25) is 5.91 Å². The SMILES string of the molecule is Cc1ccc(-c2csc(NC(=O)[C@@H]3CCCC[C@H]3C(=O)O)c2C(=O)NC2CC2)cc1. The summed E-state index contributed by atoms with van der Waals surface area (Å²) in [5.41, 5.74) is 3.29. The number of aliphatic carboxylic acids is 1. The first-order valence-corrected chi connectivity index (χ1v) is 11.3.